The average molecular weight is 232 g/mol. The summed E-state index contributed by atoms with van der Waals surface area (Å²) < 4.78 is 18.3. The van der Waals surface area contributed by atoms with Crippen LogP contribution in [0.4, 0.5) is 10.1 Å². The third-order valence-electron chi connectivity index (χ3n) is 2.46. The van der Waals surface area contributed by atoms with Gasteiger partial charge in [0.2, 0.25) is 0 Å². The molecule has 0 bridgehead atoms. The lowest BCUT2D eigenvalue weighted by atomic mass is 10.1. The lowest BCUT2D eigenvalue weighted by Crippen LogP contribution is -1.97. The maximum Gasteiger partial charge on any atom is 0.123 e. The zero-order valence-corrected chi connectivity index (χ0v) is 9.48. The predicted molar refractivity (Wildman–Crippen MR) is 64.4 cm³/mol. The van der Waals surface area contributed by atoms with Crippen molar-refractivity contribution >= 4 is 5.69 Å². The molecule has 0 aliphatic heterocycles. The zero-order chi connectivity index (χ0) is 12.3. The first-order chi connectivity index (χ1) is 8.19. The number of hydrogen-bond acceptors (Lipinski definition) is 3. The minimum absolute atomic E-state index is 0.281. The Kier molecular flexibility index (Phi) is 3.23. The standard InChI is InChI=1S/C13H13FN2O/c1-17-13-5-2-10(14)6-9(13)7-12-4-3-11(15)8-16-12/h2-6,8H,7,15H2,1H3. The highest BCUT2D eigenvalue weighted by atomic mass is 19.1. The van der Waals surface area contributed by atoms with Crippen LogP contribution in [0.15, 0.2) is 36.5 Å². The molecule has 0 atom stereocenters. The second-order valence-corrected chi connectivity index (χ2v) is 3.72. The Hall–Kier alpha value is -2.10. The van der Waals surface area contributed by atoms with Gasteiger partial charge < -0.3 is 10.5 Å². The normalized spacial score (nSPS) is 10.2. The highest BCUT2D eigenvalue weighted by Crippen LogP contribution is 2.22. The third kappa shape index (κ3) is 2.72. The Morgan fingerprint density at radius 2 is 2.12 bits per heavy atom. The summed E-state index contributed by atoms with van der Waals surface area (Å²) in [7, 11) is 1.56. The van der Waals surface area contributed by atoms with E-state index in [2.05, 4.69) is 4.98 Å². The van der Waals surface area contributed by atoms with Crippen molar-refractivity contribution in [3.63, 3.8) is 0 Å². The summed E-state index contributed by atoms with van der Waals surface area (Å²) in [5.74, 6) is 0.376. The zero-order valence-electron chi connectivity index (χ0n) is 9.48. The number of hydrogen-bond donors (Lipinski definition) is 1. The summed E-state index contributed by atoms with van der Waals surface area (Å²) in [6.07, 6.45) is 2.10. The van der Waals surface area contributed by atoms with E-state index in [0.29, 0.717) is 17.9 Å². The number of benzene rings is 1. The lowest BCUT2D eigenvalue weighted by Gasteiger charge is -2.08. The highest BCUT2D eigenvalue weighted by Gasteiger charge is 2.06. The molecule has 4 heteroatoms. The fourth-order valence-corrected chi connectivity index (χ4v) is 1.62. The smallest absolute Gasteiger partial charge is 0.123 e. The van der Waals surface area contributed by atoms with Crippen LogP contribution < -0.4 is 10.5 Å². The van der Waals surface area contributed by atoms with Crippen molar-refractivity contribution in [1.29, 1.82) is 0 Å². The molecule has 1 heterocycles. The molecule has 0 amide bonds. The number of nitrogens with two attached hydrogens (primary N) is 1. The number of ether oxygens (including phenoxy) is 1. The van der Waals surface area contributed by atoms with Gasteiger partial charge in [-0.1, -0.05) is 0 Å². The first kappa shape index (κ1) is 11.4. The number of methoxy groups -OCH3 is 1. The number of aromatic nitrogens is 1. The minimum Gasteiger partial charge on any atom is -0.496 e. The summed E-state index contributed by atoms with van der Waals surface area (Å²) in [6.45, 7) is 0. The number of anilines is 1. The molecule has 2 N–H and O–H groups in total. The van der Waals surface area contributed by atoms with Crippen LogP contribution in [0.3, 0.4) is 0 Å². The summed E-state index contributed by atoms with van der Waals surface area (Å²) in [5, 5.41) is 0. The monoisotopic (exact) mass is 232 g/mol. The second kappa shape index (κ2) is 4.82. The van der Waals surface area contributed by atoms with Gasteiger partial charge in [0.1, 0.15) is 11.6 Å². The quantitative estimate of drug-likeness (QED) is 0.884. The SMILES string of the molecule is COc1ccc(F)cc1Cc1ccc(N)cn1. The van der Waals surface area contributed by atoms with Gasteiger partial charge >= 0.3 is 0 Å². The molecule has 0 radical (unpaired) electrons. The second-order valence-electron chi connectivity index (χ2n) is 3.72. The Morgan fingerprint density at radius 3 is 2.76 bits per heavy atom. The van der Waals surface area contributed by atoms with Crippen molar-refractivity contribution in [2.75, 3.05) is 12.8 Å². The molecule has 2 aromatic rings. The Morgan fingerprint density at radius 1 is 1.29 bits per heavy atom. The van der Waals surface area contributed by atoms with Gasteiger partial charge in [-0.2, -0.15) is 0 Å². The van der Waals surface area contributed by atoms with Gasteiger partial charge in [-0.05, 0) is 30.3 Å². The molecule has 17 heavy (non-hydrogen) atoms. The van der Waals surface area contributed by atoms with E-state index in [1.807, 2.05) is 6.07 Å². The van der Waals surface area contributed by atoms with Crippen LogP contribution in [0.25, 0.3) is 0 Å². The average Bonchev–Trinajstić information content (AvgIpc) is 2.32. The van der Waals surface area contributed by atoms with Crippen LogP contribution >= 0.6 is 0 Å². The van der Waals surface area contributed by atoms with Crippen molar-refractivity contribution in [2.24, 2.45) is 0 Å². The first-order valence-electron chi connectivity index (χ1n) is 5.22. The molecule has 2 rings (SSSR count). The number of nitrogen functional groups attached to an aromatic ring is 1. The van der Waals surface area contributed by atoms with Gasteiger partial charge in [0, 0.05) is 17.7 Å². The van der Waals surface area contributed by atoms with Crippen LogP contribution in [0.5, 0.6) is 5.75 Å². The minimum atomic E-state index is -0.281. The molecule has 0 aliphatic carbocycles. The van der Waals surface area contributed by atoms with Gasteiger partial charge in [0.15, 0.2) is 0 Å². The molecule has 0 saturated carbocycles. The number of pyridine rings is 1. The molecule has 0 saturated heterocycles. The number of rotatable bonds is 3. The molecule has 0 aliphatic rings. The van der Waals surface area contributed by atoms with Crippen molar-refractivity contribution < 1.29 is 9.13 Å². The van der Waals surface area contributed by atoms with Crippen molar-refractivity contribution in [2.45, 2.75) is 6.42 Å². The predicted octanol–water partition coefficient (Wildman–Crippen LogP) is 2.40. The van der Waals surface area contributed by atoms with Crippen LogP contribution in [0.1, 0.15) is 11.3 Å². The van der Waals surface area contributed by atoms with Crippen molar-refractivity contribution in [1.82, 2.24) is 4.98 Å². The molecule has 1 aromatic carbocycles. The largest absolute Gasteiger partial charge is 0.496 e. The maximum atomic E-state index is 13.2. The van der Waals surface area contributed by atoms with E-state index >= 15 is 0 Å². The number of nitrogens with zero attached hydrogens (tertiary/aromatic N) is 1. The van der Waals surface area contributed by atoms with Gasteiger partial charge in [-0.3, -0.25) is 4.98 Å². The van der Waals surface area contributed by atoms with Gasteiger partial charge in [0.25, 0.3) is 0 Å². The van der Waals surface area contributed by atoms with E-state index < -0.39 is 0 Å². The first-order valence-corrected chi connectivity index (χ1v) is 5.22. The summed E-state index contributed by atoms with van der Waals surface area (Å²) in [6, 6.07) is 8.03. The fourth-order valence-electron chi connectivity index (χ4n) is 1.62. The summed E-state index contributed by atoms with van der Waals surface area (Å²) in [5.41, 5.74) is 7.75. The van der Waals surface area contributed by atoms with E-state index in [4.69, 9.17) is 10.5 Å². The van der Waals surface area contributed by atoms with Gasteiger partial charge in [-0.25, -0.2) is 4.39 Å². The van der Waals surface area contributed by atoms with Crippen molar-refractivity contribution in [3.8, 4) is 5.75 Å². The highest BCUT2D eigenvalue weighted by molar-refractivity contribution is 5.39. The molecule has 0 spiro atoms. The molecule has 0 unspecified atom stereocenters. The third-order valence-corrected chi connectivity index (χ3v) is 2.46. The van der Waals surface area contributed by atoms with E-state index in [-0.39, 0.29) is 5.82 Å². The topological polar surface area (TPSA) is 48.1 Å². The van der Waals surface area contributed by atoms with E-state index in [1.165, 1.54) is 12.1 Å². The summed E-state index contributed by atoms with van der Waals surface area (Å²) >= 11 is 0. The fraction of sp³-hybridized carbons (Fsp3) is 0.154. The molecule has 1 aromatic heterocycles. The van der Waals surface area contributed by atoms with Gasteiger partial charge in [0.05, 0.1) is 19.0 Å². The van der Waals surface area contributed by atoms with E-state index in [1.54, 1.807) is 25.4 Å². The van der Waals surface area contributed by atoms with Crippen LogP contribution in [0.2, 0.25) is 0 Å². The Balaban J connectivity index is 2.28. The van der Waals surface area contributed by atoms with E-state index in [0.717, 1.165) is 11.3 Å². The Bertz CT molecular complexity index is 511. The van der Waals surface area contributed by atoms with Crippen molar-refractivity contribution in [3.05, 3.63) is 53.6 Å². The lowest BCUT2D eigenvalue weighted by molar-refractivity contribution is 0.409. The molecule has 3 nitrogen and oxygen atoms in total. The number of halogens is 1. The van der Waals surface area contributed by atoms with Crippen LogP contribution in [-0.2, 0) is 6.42 Å². The molecular formula is C13H13FN2O. The van der Waals surface area contributed by atoms with Crippen LogP contribution in [0, 0.1) is 5.82 Å². The van der Waals surface area contributed by atoms with Crippen LogP contribution in [-0.4, -0.2) is 12.1 Å². The molecular weight excluding hydrogens is 219 g/mol. The van der Waals surface area contributed by atoms with Gasteiger partial charge in [-0.15, -0.1) is 0 Å². The summed E-state index contributed by atoms with van der Waals surface area (Å²) in [4.78, 5) is 4.18. The van der Waals surface area contributed by atoms with E-state index in [9.17, 15) is 4.39 Å². The molecule has 88 valence electrons. The Labute approximate surface area is 99.1 Å². The molecule has 0 fully saturated rings. The maximum absolute atomic E-state index is 13.2.